The first-order valence-corrected chi connectivity index (χ1v) is 9.86. The second kappa shape index (κ2) is 6.89. The monoisotopic (exact) mass is 361 g/mol. The van der Waals surface area contributed by atoms with E-state index in [1.54, 1.807) is 11.8 Å². The Labute approximate surface area is 151 Å². The minimum atomic E-state index is 0.334. The number of halogens is 1. The first kappa shape index (κ1) is 16.2. The Morgan fingerprint density at radius 3 is 2.62 bits per heavy atom. The molecule has 6 heteroatoms. The highest BCUT2D eigenvalue weighted by Crippen LogP contribution is 2.40. The van der Waals surface area contributed by atoms with Crippen molar-refractivity contribution in [1.29, 1.82) is 0 Å². The van der Waals surface area contributed by atoms with E-state index < -0.39 is 0 Å². The topological polar surface area (TPSA) is 47.8 Å². The number of rotatable bonds is 4. The molecule has 0 radical (unpaired) electrons. The van der Waals surface area contributed by atoms with Crippen molar-refractivity contribution in [3.8, 4) is 11.4 Å². The molecule has 4 rings (SSSR count). The Hall–Kier alpha value is -1.33. The fourth-order valence-corrected chi connectivity index (χ4v) is 5.17. The van der Waals surface area contributed by atoms with Crippen LogP contribution >= 0.6 is 23.4 Å². The van der Waals surface area contributed by atoms with Gasteiger partial charge in [-0.15, -0.1) is 10.2 Å². The summed E-state index contributed by atoms with van der Waals surface area (Å²) in [7, 11) is 0. The minimum absolute atomic E-state index is 0.334. The lowest BCUT2D eigenvalue weighted by Gasteiger charge is -2.18. The van der Waals surface area contributed by atoms with Gasteiger partial charge in [0.15, 0.2) is 11.0 Å². The Balaban J connectivity index is 1.71. The molecule has 2 aliphatic rings. The molecule has 2 aliphatic carbocycles. The number of thioether (sulfide) groups is 1. The van der Waals surface area contributed by atoms with Crippen LogP contribution in [0.4, 0.5) is 0 Å². The zero-order valence-electron chi connectivity index (χ0n) is 13.4. The smallest absolute Gasteiger partial charge is 0.192 e. The third kappa shape index (κ3) is 3.11. The summed E-state index contributed by atoms with van der Waals surface area (Å²) in [5, 5.41) is 10.9. The van der Waals surface area contributed by atoms with Crippen molar-refractivity contribution in [3.05, 3.63) is 29.3 Å². The van der Waals surface area contributed by atoms with Gasteiger partial charge in [0.25, 0.3) is 0 Å². The molecule has 2 saturated carbocycles. The lowest BCUT2D eigenvalue weighted by molar-refractivity contribution is -0.117. The highest BCUT2D eigenvalue weighted by Gasteiger charge is 2.29. The van der Waals surface area contributed by atoms with E-state index >= 15 is 0 Å². The van der Waals surface area contributed by atoms with Crippen molar-refractivity contribution in [1.82, 2.24) is 14.8 Å². The molecule has 0 bridgehead atoms. The number of carbonyl (C=O) groups excluding carboxylic acids is 1. The van der Waals surface area contributed by atoms with E-state index in [4.69, 9.17) is 11.6 Å². The Bertz CT molecular complexity index is 754. The quantitative estimate of drug-likeness (QED) is 0.774. The Morgan fingerprint density at radius 1 is 1.12 bits per heavy atom. The summed E-state index contributed by atoms with van der Waals surface area (Å²) in [5.41, 5.74) is 0.938. The van der Waals surface area contributed by atoms with Crippen LogP contribution in [0.2, 0.25) is 5.02 Å². The largest absolute Gasteiger partial charge is 0.300 e. The van der Waals surface area contributed by atoms with E-state index in [9.17, 15) is 4.79 Å². The maximum Gasteiger partial charge on any atom is 0.192 e. The van der Waals surface area contributed by atoms with Crippen molar-refractivity contribution in [2.75, 3.05) is 0 Å². The van der Waals surface area contributed by atoms with Crippen LogP contribution in [0.1, 0.15) is 51.0 Å². The van der Waals surface area contributed by atoms with Crippen LogP contribution in [-0.4, -0.2) is 25.8 Å². The van der Waals surface area contributed by atoms with Gasteiger partial charge in [-0.05, 0) is 31.4 Å². The molecule has 1 unspecified atom stereocenters. The summed E-state index contributed by atoms with van der Waals surface area (Å²) in [5.74, 6) is 1.23. The van der Waals surface area contributed by atoms with Crippen LogP contribution in [0.15, 0.2) is 29.4 Å². The number of ketones is 1. The van der Waals surface area contributed by atoms with Crippen LogP contribution in [0, 0.1) is 0 Å². The van der Waals surface area contributed by atoms with Gasteiger partial charge in [-0.25, -0.2) is 0 Å². The van der Waals surface area contributed by atoms with E-state index in [-0.39, 0.29) is 0 Å². The van der Waals surface area contributed by atoms with Crippen LogP contribution in [0.5, 0.6) is 0 Å². The van der Waals surface area contributed by atoms with Crippen LogP contribution in [-0.2, 0) is 4.79 Å². The van der Waals surface area contributed by atoms with E-state index in [1.807, 2.05) is 24.3 Å². The lowest BCUT2D eigenvalue weighted by atomic mass is 10.2. The molecule has 24 heavy (non-hydrogen) atoms. The average Bonchev–Trinajstić information content (AvgIpc) is 3.29. The van der Waals surface area contributed by atoms with Gasteiger partial charge < -0.3 is 0 Å². The first-order valence-electron chi connectivity index (χ1n) is 8.60. The number of hydrogen-bond acceptors (Lipinski definition) is 4. The predicted octanol–water partition coefficient (Wildman–Crippen LogP) is 4.93. The minimum Gasteiger partial charge on any atom is -0.300 e. The zero-order valence-corrected chi connectivity index (χ0v) is 15.0. The second-order valence-electron chi connectivity index (χ2n) is 6.62. The predicted molar refractivity (Wildman–Crippen MR) is 96.5 cm³/mol. The van der Waals surface area contributed by atoms with Crippen molar-refractivity contribution in [3.63, 3.8) is 0 Å². The number of aromatic nitrogens is 3. The molecule has 4 nitrogen and oxygen atoms in total. The summed E-state index contributed by atoms with van der Waals surface area (Å²) >= 11 is 8.12. The molecule has 1 aromatic carbocycles. The molecule has 0 N–H and O–H groups in total. The molecular formula is C18H20ClN3OS. The fraction of sp³-hybridized carbons (Fsp3) is 0.500. The molecule has 2 fully saturated rings. The molecule has 1 heterocycles. The van der Waals surface area contributed by atoms with Gasteiger partial charge in [-0.1, -0.05) is 48.3 Å². The Morgan fingerprint density at radius 2 is 1.92 bits per heavy atom. The van der Waals surface area contributed by atoms with Gasteiger partial charge in [0.2, 0.25) is 0 Å². The molecular weight excluding hydrogens is 342 g/mol. The van der Waals surface area contributed by atoms with Crippen LogP contribution < -0.4 is 0 Å². The van der Waals surface area contributed by atoms with Gasteiger partial charge in [0.05, 0.1) is 5.02 Å². The number of benzene rings is 1. The van der Waals surface area contributed by atoms with Crippen molar-refractivity contribution < 1.29 is 4.79 Å². The SMILES string of the molecule is O=C1CCC(Sc2nnc(-c3ccccc3Cl)n2C2CCCC2)C1. The third-order valence-electron chi connectivity index (χ3n) is 4.94. The van der Waals surface area contributed by atoms with E-state index in [0.29, 0.717) is 34.9 Å². The average molecular weight is 362 g/mol. The zero-order chi connectivity index (χ0) is 16.5. The van der Waals surface area contributed by atoms with Crippen molar-refractivity contribution >= 4 is 29.1 Å². The van der Waals surface area contributed by atoms with Gasteiger partial charge in [-0.3, -0.25) is 9.36 Å². The van der Waals surface area contributed by atoms with Gasteiger partial charge >= 0.3 is 0 Å². The summed E-state index contributed by atoms with van der Waals surface area (Å²) in [6, 6.07) is 8.25. The summed E-state index contributed by atoms with van der Waals surface area (Å²) < 4.78 is 2.28. The molecule has 0 spiro atoms. The standard InChI is InChI=1S/C18H20ClN3OS/c19-16-8-4-3-7-15(16)17-20-21-18(22(17)12-5-1-2-6-12)24-14-10-9-13(23)11-14/h3-4,7-8,12,14H,1-2,5-6,9-11H2. The van der Waals surface area contributed by atoms with E-state index in [2.05, 4.69) is 14.8 Å². The molecule has 1 aromatic heterocycles. The molecule has 2 aromatic rings. The molecule has 0 saturated heterocycles. The number of nitrogens with zero attached hydrogens (tertiary/aromatic N) is 3. The highest BCUT2D eigenvalue weighted by atomic mass is 35.5. The fourth-order valence-electron chi connectivity index (χ4n) is 3.70. The molecule has 0 aliphatic heterocycles. The maximum absolute atomic E-state index is 11.6. The number of carbonyl (C=O) groups is 1. The molecule has 1 atom stereocenters. The van der Waals surface area contributed by atoms with Gasteiger partial charge in [0.1, 0.15) is 5.78 Å². The summed E-state index contributed by atoms with van der Waals surface area (Å²) in [6.45, 7) is 0. The van der Waals surface area contributed by atoms with E-state index in [1.165, 1.54) is 12.8 Å². The normalized spacial score (nSPS) is 21.7. The van der Waals surface area contributed by atoms with Crippen LogP contribution in [0.3, 0.4) is 0 Å². The van der Waals surface area contributed by atoms with Gasteiger partial charge in [-0.2, -0.15) is 0 Å². The maximum atomic E-state index is 11.6. The molecule has 126 valence electrons. The first-order chi connectivity index (χ1) is 11.7. The van der Waals surface area contributed by atoms with Crippen molar-refractivity contribution in [2.24, 2.45) is 0 Å². The third-order valence-corrected chi connectivity index (χ3v) is 6.50. The highest BCUT2D eigenvalue weighted by molar-refractivity contribution is 7.99. The Kier molecular flexibility index (Phi) is 4.63. The van der Waals surface area contributed by atoms with Gasteiger partial charge in [0, 0.05) is 29.7 Å². The summed E-state index contributed by atoms with van der Waals surface area (Å²) in [6.07, 6.45) is 7.12. The van der Waals surface area contributed by atoms with E-state index in [0.717, 1.165) is 35.8 Å². The second-order valence-corrected chi connectivity index (χ2v) is 8.29. The summed E-state index contributed by atoms with van der Waals surface area (Å²) in [4.78, 5) is 11.6. The number of hydrogen-bond donors (Lipinski definition) is 0. The number of Topliss-reactive ketones (excluding diaryl/α,β-unsaturated/α-hetero) is 1. The van der Waals surface area contributed by atoms with Crippen LogP contribution in [0.25, 0.3) is 11.4 Å². The van der Waals surface area contributed by atoms with Crippen molar-refractivity contribution in [2.45, 2.75) is 61.4 Å². The molecule has 0 amide bonds. The lowest BCUT2D eigenvalue weighted by Crippen LogP contribution is -2.10.